The van der Waals surface area contributed by atoms with Gasteiger partial charge in [-0.15, -0.1) is 0 Å². The normalized spacial score (nSPS) is 10.1. The second-order valence-electron chi connectivity index (χ2n) is 3.90. The number of rotatable bonds is 5. The minimum absolute atomic E-state index is 0.501. The third-order valence-corrected chi connectivity index (χ3v) is 3.29. The molecule has 0 heterocycles. The van der Waals surface area contributed by atoms with Crippen LogP contribution >= 0.6 is 11.6 Å². The van der Waals surface area contributed by atoms with Gasteiger partial charge in [0, 0.05) is 30.1 Å². The van der Waals surface area contributed by atoms with Gasteiger partial charge in [0.15, 0.2) is 0 Å². The summed E-state index contributed by atoms with van der Waals surface area (Å²) in [5, 5.41) is 12.4. The molecule has 1 aromatic carbocycles. The third kappa shape index (κ3) is 3.36. The molecule has 0 unspecified atom stereocenters. The monoisotopic (exact) mass is 252 g/mol. The maximum Gasteiger partial charge on any atom is 0.123 e. The molecule has 0 saturated heterocycles. The van der Waals surface area contributed by atoms with Crippen molar-refractivity contribution in [3.05, 3.63) is 27.8 Å². The smallest absolute Gasteiger partial charge is 0.123 e. The highest BCUT2D eigenvalue weighted by atomic mass is 35.5. The lowest BCUT2D eigenvalue weighted by Crippen LogP contribution is -2.16. The number of nitriles is 1. The Kier molecular flexibility index (Phi) is 5.27. The predicted molar refractivity (Wildman–Crippen MR) is 69.4 cm³/mol. The Hall–Kier alpha value is -1.24. The molecule has 0 aliphatic heterocycles. The molecule has 0 aliphatic carbocycles. The van der Waals surface area contributed by atoms with Crippen molar-refractivity contribution in [1.82, 2.24) is 5.32 Å². The van der Waals surface area contributed by atoms with E-state index in [1.807, 2.05) is 19.9 Å². The maximum atomic E-state index is 8.46. The van der Waals surface area contributed by atoms with Gasteiger partial charge >= 0.3 is 0 Å². The van der Waals surface area contributed by atoms with Crippen LogP contribution in [-0.2, 0) is 6.54 Å². The number of methoxy groups -OCH3 is 1. The SMILES string of the molecule is COc1cc(C)c(Cl)c(C)c1CNCCC#N. The molecule has 92 valence electrons. The molecule has 0 fully saturated rings. The van der Waals surface area contributed by atoms with E-state index in [2.05, 4.69) is 11.4 Å². The topological polar surface area (TPSA) is 45.0 Å². The number of hydrogen-bond acceptors (Lipinski definition) is 3. The number of ether oxygens (including phenoxy) is 1. The van der Waals surface area contributed by atoms with Crippen LogP contribution in [0.2, 0.25) is 5.02 Å². The fraction of sp³-hybridized carbons (Fsp3) is 0.462. The first-order valence-electron chi connectivity index (χ1n) is 5.52. The molecule has 1 rings (SSSR count). The van der Waals surface area contributed by atoms with Crippen LogP contribution in [-0.4, -0.2) is 13.7 Å². The molecule has 0 aliphatic rings. The summed E-state index contributed by atoms with van der Waals surface area (Å²) in [4.78, 5) is 0. The van der Waals surface area contributed by atoms with Gasteiger partial charge in [0.05, 0.1) is 13.2 Å². The molecule has 0 atom stereocenters. The van der Waals surface area contributed by atoms with Gasteiger partial charge in [0.25, 0.3) is 0 Å². The zero-order valence-corrected chi connectivity index (χ0v) is 11.2. The van der Waals surface area contributed by atoms with Crippen molar-refractivity contribution < 1.29 is 4.74 Å². The van der Waals surface area contributed by atoms with E-state index in [-0.39, 0.29) is 0 Å². The number of nitrogens with zero attached hydrogens (tertiary/aromatic N) is 1. The Morgan fingerprint density at radius 1 is 1.47 bits per heavy atom. The molecule has 0 radical (unpaired) electrons. The van der Waals surface area contributed by atoms with Crippen molar-refractivity contribution in [2.45, 2.75) is 26.8 Å². The molecule has 1 aromatic rings. The molecule has 3 nitrogen and oxygen atoms in total. The summed E-state index contributed by atoms with van der Waals surface area (Å²) in [6, 6.07) is 4.04. The Bertz CT molecular complexity index is 438. The highest BCUT2D eigenvalue weighted by Crippen LogP contribution is 2.31. The number of nitrogens with one attached hydrogen (secondary N) is 1. The zero-order chi connectivity index (χ0) is 12.8. The first kappa shape index (κ1) is 13.8. The molecule has 0 amide bonds. The number of benzene rings is 1. The van der Waals surface area contributed by atoms with E-state index < -0.39 is 0 Å². The lowest BCUT2D eigenvalue weighted by molar-refractivity contribution is 0.407. The molecule has 1 N–H and O–H groups in total. The van der Waals surface area contributed by atoms with E-state index in [1.165, 1.54) is 0 Å². The van der Waals surface area contributed by atoms with Crippen LogP contribution < -0.4 is 10.1 Å². The average molecular weight is 253 g/mol. The van der Waals surface area contributed by atoms with Crippen LogP contribution in [0, 0.1) is 25.2 Å². The quantitative estimate of drug-likeness (QED) is 0.820. The summed E-state index contributed by atoms with van der Waals surface area (Å²) >= 11 is 6.22. The average Bonchev–Trinajstić information content (AvgIpc) is 2.33. The minimum atomic E-state index is 0.501. The summed E-state index contributed by atoms with van der Waals surface area (Å²) in [6.45, 7) is 5.28. The summed E-state index contributed by atoms with van der Waals surface area (Å²) in [5.41, 5.74) is 3.11. The van der Waals surface area contributed by atoms with Crippen LogP contribution in [0.5, 0.6) is 5.75 Å². The fourth-order valence-electron chi connectivity index (χ4n) is 1.72. The minimum Gasteiger partial charge on any atom is -0.496 e. The fourth-order valence-corrected chi connectivity index (χ4v) is 1.89. The molecule has 4 heteroatoms. The number of aryl methyl sites for hydroxylation is 1. The van der Waals surface area contributed by atoms with E-state index in [0.717, 1.165) is 27.5 Å². The van der Waals surface area contributed by atoms with Gasteiger partial charge < -0.3 is 10.1 Å². The third-order valence-electron chi connectivity index (χ3n) is 2.71. The number of hydrogen-bond donors (Lipinski definition) is 1. The first-order chi connectivity index (χ1) is 8.11. The van der Waals surface area contributed by atoms with E-state index in [1.54, 1.807) is 7.11 Å². The van der Waals surface area contributed by atoms with Crippen LogP contribution in [0.4, 0.5) is 0 Å². The highest BCUT2D eigenvalue weighted by molar-refractivity contribution is 6.32. The number of halogens is 1. The summed E-state index contributed by atoms with van der Waals surface area (Å²) in [7, 11) is 1.65. The summed E-state index contributed by atoms with van der Waals surface area (Å²) in [6.07, 6.45) is 0.501. The van der Waals surface area contributed by atoms with E-state index in [9.17, 15) is 0 Å². The molecule has 0 spiro atoms. The van der Waals surface area contributed by atoms with E-state index in [4.69, 9.17) is 21.6 Å². The van der Waals surface area contributed by atoms with Crippen molar-refractivity contribution >= 4 is 11.6 Å². The van der Waals surface area contributed by atoms with Crippen molar-refractivity contribution in [2.24, 2.45) is 0 Å². The highest BCUT2D eigenvalue weighted by Gasteiger charge is 2.11. The van der Waals surface area contributed by atoms with Gasteiger partial charge in [-0.25, -0.2) is 0 Å². The van der Waals surface area contributed by atoms with Crippen LogP contribution in [0.15, 0.2) is 6.07 Å². The second kappa shape index (κ2) is 6.48. The van der Waals surface area contributed by atoms with Gasteiger partial charge in [-0.05, 0) is 31.0 Å². The first-order valence-corrected chi connectivity index (χ1v) is 5.89. The van der Waals surface area contributed by atoms with Gasteiger partial charge in [-0.3, -0.25) is 0 Å². The van der Waals surface area contributed by atoms with E-state index >= 15 is 0 Å². The largest absolute Gasteiger partial charge is 0.496 e. The molecular weight excluding hydrogens is 236 g/mol. The Labute approximate surface area is 107 Å². The zero-order valence-electron chi connectivity index (χ0n) is 10.4. The van der Waals surface area contributed by atoms with Crippen molar-refractivity contribution in [3.63, 3.8) is 0 Å². The standard InChI is InChI=1S/C13H17ClN2O/c1-9-7-12(17-3)11(10(2)13(9)14)8-16-6-4-5-15/h7,16H,4,6,8H2,1-3H3. The predicted octanol–water partition coefficient (Wildman–Crippen LogP) is 2.97. The molecule has 0 bridgehead atoms. The Morgan fingerprint density at radius 3 is 2.76 bits per heavy atom. The van der Waals surface area contributed by atoms with Gasteiger partial charge in [0.1, 0.15) is 5.75 Å². The molecule has 0 saturated carbocycles. The Morgan fingerprint density at radius 2 is 2.18 bits per heavy atom. The lowest BCUT2D eigenvalue weighted by Gasteiger charge is -2.15. The Balaban J connectivity index is 2.89. The molecule has 0 aromatic heterocycles. The summed E-state index contributed by atoms with van der Waals surface area (Å²) in [5.74, 6) is 0.842. The van der Waals surface area contributed by atoms with Gasteiger partial charge in [-0.1, -0.05) is 11.6 Å². The maximum absolute atomic E-state index is 8.46. The van der Waals surface area contributed by atoms with Crippen LogP contribution in [0.3, 0.4) is 0 Å². The van der Waals surface area contributed by atoms with Crippen LogP contribution in [0.25, 0.3) is 0 Å². The summed E-state index contributed by atoms with van der Waals surface area (Å²) < 4.78 is 5.36. The van der Waals surface area contributed by atoms with Crippen molar-refractivity contribution in [2.75, 3.05) is 13.7 Å². The lowest BCUT2D eigenvalue weighted by atomic mass is 10.0. The van der Waals surface area contributed by atoms with E-state index in [0.29, 0.717) is 19.5 Å². The van der Waals surface area contributed by atoms with Crippen molar-refractivity contribution in [3.8, 4) is 11.8 Å². The van der Waals surface area contributed by atoms with Crippen molar-refractivity contribution in [1.29, 1.82) is 5.26 Å². The molecular formula is C13H17ClN2O. The van der Waals surface area contributed by atoms with Gasteiger partial charge in [0.2, 0.25) is 0 Å². The van der Waals surface area contributed by atoms with Gasteiger partial charge in [-0.2, -0.15) is 5.26 Å². The molecule has 17 heavy (non-hydrogen) atoms. The second-order valence-corrected chi connectivity index (χ2v) is 4.28. The van der Waals surface area contributed by atoms with Crippen LogP contribution in [0.1, 0.15) is 23.1 Å².